The van der Waals surface area contributed by atoms with Crippen LogP contribution in [0.1, 0.15) is 6.92 Å². The summed E-state index contributed by atoms with van der Waals surface area (Å²) in [4.78, 5) is 0. The summed E-state index contributed by atoms with van der Waals surface area (Å²) in [6.07, 6.45) is 0. The van der Waals surface area contributed by atoms with Crippen molar-refractivity contribution in [3.05, 3.63) is 22.4 Å². The number of halogens is 2. The van der Waals surface area contributed by atoms with Crippen LogP contribution >= 0.6 is 15.9 Å². The smallest absolute Gasteiger partial charge is 0.139 e. The highest BCUT2D eigenvalue weighted by Crippen LogP contribution is 2.30. The SMILES string of the molecule is CC1CNc2cc(F)c(Br)cc2NC1. The first-order chi connectivity index (χ1) is 6.66. The van der Waals surface area contributed by atoms with Crippen molar-refractivity contribution in [3.63, 3.8) is 0 Å². The van der Waals surface area contributed by atoms with Crippen LogP contribution in [0.5, 0.6) is 0 Å². The van der Waals surface area contributed by atoms with E-state index in [1.807, 2.05) is 0 Å². The molecule has 1 unspecified atom stereocenters. The first kappa shape index (κ1) is 9.77. The standard InChI is InChI=1S/C10H12BrFN2/c1-6-4-13-9-2-7(11)8(12)3-10(9)14-5-6/h2-3,6,13-14H,4-5H2,1H3. The number of hydrogen-bond acceptors (Lipinski definition) is 2. The summed E-state index contributed by atoms with van der Waals surface area (Å²) < 4.78 is 13.7. The van der Waals surface area contributed by atoms with Gasteiger partial charge < -0.3 is 10.6 Å². The maximum Gasteiger partial charge on any atom is 0.139 e. The number of fused-ring (bicyclic) bond motifs is 1. The van der Waals surface area contributed by atoms with Gasteiger partial charge in [0, 0.05) is 19.2 Å². The molecule has 0 radical (unpaired) electrons. The second-order valence-corrected chi connectivity index (χ2v) is 4.53. The molecule has 0 saturated heterocycles. The monoisotopic (exact) mass is 258 g/mol. The van der Waals surface area contributed by atoms with Gasteiger partial charge in [0.25, 0.3) is 0 Å². The molecule has 0 fully saturated rings. The number of rotatable bonds is 0. The second-order valence-electron chi connectivity index (χ2n) is 3.68. The summed E-state index contributed by atoms with van der Waals surface area (Å²) in [5.41, 5.74) is 1.80. The summed E-state index contributed by atoms with van der Waals surface area (Å²) in [6.45, 7) is 3.94. The average Bonchev–Trinajstić information content (AvgIpc) is 2.31. The largest absolute Gasteiger partial charge is 0.383 e. The van der Waals surface area contributed by atoms with Gasteiger partial charge in [0.1, 0.15) is 5.82 Å². The summed E-state index contributed by atoms with van der Waals surface area (Å²) in [5.74, 6) is 0.317. The van der Waals surface area contributed by atoms with E-state index in [4.69, 9.17) is 0 Å². The van der Waals surface area contributed by atoms with E-state index >= 15 is 0 Å². The van der Waals surface area contributed by atoms with Crippen molar-refractivity contribution in [1.82, 2.24) is 0 Å². The van der Waals surface area contributed by atoms with Gasteiger partial charge in [-0.15, -0.1) is 0 Å². The molecule has 1 heterocycles. The predicted molar refractivity (Wildman–Crippen MR) is 60.2 cm³/mol. The lowest BCUT2D eigenvalue weighted by molar-refractivity contribution is 0.621. The Labute approximate surface area is 91.0 Å². The second kappa shape index (κ2) is 3.77. The third-order valence-corrected chi connectivity index (χ3v) is 2.95. The van der Waals surface area contributed by atoms with E-state index in [0.29, 0.717) is 10.4 Å². The third kappa shape index (κ3) is 1.85. The molecule has 1 aromatic carbocycles. The fourth-order valence-corrected chi connectivity index (χ4v) is 1.82. The molecule has 1 atom stereocenters. The topological polar surface area (TPSA) is 24.1 Å². The fraction of sp³-hybridized carbons (Fsp3) is 0.400. The van der Waals surface area contributed by atoms with Gasteiger partial charge in [0.15, 0.2) is 0 Å². The normalized spacial score (nSPS) is 20.4. The van der Waals surface area contributed by atoms with Crippen molar-refractivity contribution in [2.24, 2.45) is 5.92 Å². The molecular weight excluding hydrogens is 247 g/mol. The summed E-state index contributed by atoms with van der Waals surface area (Å²) in [7, 11) is 0. The van der Waals surface area contributed by atoms with Crippen molar-refractivity contribution in [3.8, 4) is 0 Å². The van der Waals surface area contributed by atoms with E-state index in [0.717, 1.165) is 24.5 Å². The molecule has 4 heteroatoms. The molecule has 2 rings (SSSR count). The third-order valence-electron chi connectivity index (χ3n) is 2.34. The van der Waals surface area contributed by atoms with Crippen LogP contribution < -0.4 is 10.6 Å². The molecule has 1 aromatic rings. The minimum Gasteiger partial charge on any atom is -0.383 e. The molecule has 0 aliphatic carbocycles. The van der Waals surface area contributed by atoms with Crippen molar-refractivity contribution in [2.45, 2.75) is 6.92 Å². The molecule has 0 bridgehead atoms. The van der Waals surface area contributed by atoms with Gasteiger partial charge in [0.05, 0.1) is 15.8 Å². The van der Waals surface area contributed by atoms with Gasteiger partial charge in [0.2, 0.25) is 0 Å². The van der Waals surface area contributed by atoms with Crippen molar-refractivity contribution in [1.29, 1.82) is 0 Å². The van der Waals surface area contributed by atoms with Crippen LogP contribution in [0.15, 0.2) is 16.6 Å². The van der Waals surface area contributed by atoms with Crippen molar-refractivity contribution >= 4 is 27.3 Å². The minimum absolute atomic E-state index is 0.229. The van der Waals surface area contributed by atoms with E-state index < -0.39 is 0 Å². The Morgan fingerprint density at radius 2 is 1.86 bits per heavy atom. The summed E-state index contributed by atoms with van der Waals surface area (Å²) in [5, 5.41) is 6.50. The van der Waals surface area contributed by atoms with E-state index in [1.54, 1.807) is 6.07 Å². The Hall–Kier alpha value is -0.770. The fourth-order valence-electron chi connectivity index (χ4n) is 1.48. The van der Waals surface area contributed by atoms with Gasteiger partial charge in [-0.2, -0.15) is 0 Å². The van der Waals surface area contributed by atoms with E-state index in [9.17, 15) is 4.39 Å². The van der Waals surface area contributed by atoms with Crippen molar-refractivity contribution < 1.29 is 4.39 Å². The molecule has 1 aliphatic rings. The molecule has 0 spiro atoms. The van der Waals surface area contributed by atoms with Gasteiger partial charge in [-0.25, -0.2) is 4.39 Å². The molecule has 76 valence electrons. The maximum absolute atomic E-state index is 13.2. The Balaban J connectivity index is 2.36. The Bertz CT molecular complexity index is 321. The number of nitrogens with one attached hydrogen (secondary N) is 2. The van der Waals surface area contributed by atoms with E-state index in [1.165, 1.54) is 6.07 Å². The highest BCUT2D eigenvalue weighted by molar-refractivity contribution is 9.10. The predicted octanol–water partition coefficient (Wildman–Crippen LogP) is 3.06. The molecule has 2 nitrogen and oxygen atoms in total. The lowest BCUT2D eigenvalue weighted by Crippen LogP contribution is -2.14. The molecule has 14 heavy (non-hydrogen) atoms. The molecule has 2 N–H and O–H groups in total. The van der Waals surface area contributed by atoms with E-state index in [-0.39, 0.29) is 5.82 Å². The van der Waals surface area contributed by atoms with Crippen LogP contribution in [-0.2, 0) is 0 Å². The average molecular weight is 259 g/mol. The first-order valence-electron chi connectivity index (χ1n) is 4.63. The van der Waals surface area contributed by atoms with Gasteiger partial charge in [-0.05, 0) is 27.9 Å². The van der Waals surface area contributed by atoms with E-state index in [2.05, 4.69) is 33.5 Å². The van der Waals surface area contributed by atoms with Crippen LogP contribution in [0.4, 0.5) is 15.8 Å². The lowest BCUT2D eigenvalue weighted by atomic mass is 10.2. The zero-order valence-corrected chi connectivity index (χ0v) is 9.49. The number of anilines is 2. The highest BCUT2D eigenvalue weighted by atomic mass is 79.9. The quantitative estimate of drug-likeness (QED) is 0.748. The zero-order valence-electron chi connectivity index (χ0n) is 7.90. The summed E-state index contributed by atoms with van der Waals surface area (Å²) >= 11 is 3.17. The zero-order chi connectivity index (χ0) is 10.1. The van der Waals surface area contributed by atoms with Crippen LogP contribution in [0.2, 0.25) is 0 Å². The highest BCUT2D eigenvalue weighted by Gasteiger charge is 2.13. The lowest BCUT2D eigenvalue weighted by Gasteiger charge is -2.08. The van der Waals surface area contributed by atoms with Crippen LogP contribution in [0.25, 0.3) is 0 Å². The van der Waals surface area contributed by atoms with Crippen LogP contribution in [0, 0.1) is 11.7 Å². The van der Waals surface area contributed by atoms with Crippen LogP contribution in [-0.4, -0.2) is 13.1 Å². The molecule has 1 aliphatic heterocycles. The molecule has 0 saturated carbocycles. The Morgan fingerprint density at radius 1 is 1.29 bits per heavy atom. The maximum atomic E-state index is 13.2. The minimum atomic E-state index is -0.229. The van der Waals surface area contributed by atoms with Crippen LogP contribution in [0.3, 0.4) is 0 Å². The number of hydrogen-bond donors (Lipinski definition) is 2. The molecular formula is C10H12BrFN2. The van der Waals surface area contributed by atoms with Crippen molar-refractivity contribution in [2.75, 3.05) is 23.7 Å². The first-order valence-corrected chi connectivity index (χ1v) is 5.43. The molecule has 0 amide bonds. The van der Waals surface area contributed by atoms with Gasteiger partial charge in [-0.1, -0.05) is 6.92 Å². The van der Waals surface area contributed by atoms with Gasteiger partial charge in [-0.3, -0.25) is 0 Å². The Kier molecular flexibility index (Phi) is 2.63. The van der Waals surface area contributed by atoms with Gasteiger partial charge >= 0.3 is 0 Å². The Morgan fingerprint density at radius 3 is 2.50 bits per heavy atom. The number of benzene rings is 1. The summed E-state index contributed by atoms with van der Waals surface area (Å²) in [6, 6.07) is 3.29. The molecule has 0 aromatic heterocycles.